The number of ether oxygens (including phenoxy) is 2. The lowest BCUT2D eigenvalue weighted by Gasteiger charge is -2.09. The van der Waals surface area contributed by atoms with E-state index in [1.165, 1.54) is 43.1 Å². The van der Waals surface area contributed by atoms with Crippen molar-refractivity contribution in [2.75, 3.05) is 12.9 Å². The van der Waals surface area contributed by atoms with Gasteiger partial charge in [-0.05, 0) is 24.3 Å². The van der Waals surface area contributed by atoms with Crippen molar-refractivity contribution < 1.29 is 27.4 Å². The molecule has 0 amide bonds. The van der Waals surface area contributed by atoms with Gasteiger partial charge in [0.25, 0.3) is 0 Å². The van der Waals surface area contributed by atoms with Crippen LogP contribution in [0.5, 0.6) is 5.75 Å². The van der Waals surface area contributed by atoms with Crippen LogP contribution in [0.1, 0.15) is 5.56 Å². The van der Waals surface area contributed by atoms with Gasteiger partial charge in [-0.25, -0.2) is 4.79 Å². The SMILES string of the molecule is COC(=O)C1CSC(c2ccc(OC(F)(F)F)cc2)=N1. The molecule has 4 nitrogen and oxygen atoms in total. The zero-order valence-electron chi connectivity index (χ0n) is 10.3. The fourth-order valence-electron chi connectivity index (χ4n) is 1.59. The number of halogens is 3. The number of nitrogens with zero attached hydrogens (tertiary/aromatic N) is 1. The van der Waals surface area contributed by atoms with Gasteiger partial charge in [-0.3, -0.25) is 4.99 Å². The van der Waals surface area contributed by atoms with Gasteiger partial charge in [0.2, 0.25) is 0 Å². The molecular weight excluding hydrogens is 295 g/mol. The summed E-state index contributed by atoms with van der Waals surface area (Å²) in [6, 6.07) is 4.78. The van der Waals surface area contributed by atoms with E-state index in [9.17, 15) is 18.0 Å². The fraction of sp³-hybridized carbons (Fsp3) is 0.333. The van der Waals surface area contributed by atoms with E-state index in [1.807, 2.05) is 0 Å². The Kier molecular flexibility index (Phi) is 4.22. The molecule has 8 heteroatoms. The second-order valence-corrected chi connectivity index (χ2v) is 4.87. The molecule has 1 aromatic rings. The van der Waals surface area contributed by atoms with Crippen molar-refractivity contribution in [1.82, 2.24) is 0 Å². The monoisotopic (exact) mass is 305 g/mol. The molecule has 0 saturated heterocycles. The normalized spacial score (nSPS) is 18.6. The number of carbonyl (C=O) groups excluding carboxylic acids is 1. The molecule has 0 fully saturated rings. The second-order valence-electron chi connectivity index (χ2n) is 3.86. The number of carbonyl (C=O) groups is 1. The number of rotatable bonds is 3. The molecule has 0 bridgehead atoms. The van der Waals surface area contributed by atoms with Crippen LogP contribution in [0.4, 0.5) is 13.2 Å². The van der Waals surface area contributed by atoms with Crippen molar-refractivity contribution >= 4 is 22.8 Å². The summed E-state index contributed by atoms with van der Waals surface area (Å²) in [5.74, 6) is -0.262. The Labute approximate surface area is 117 Å². The first-order chi connectivity index (χ1) is 9.39. The summed E-state index contributed by atoms with van der Waals surface area (Å²) in [5, 5.41) is 0.596. The van der Waals surface area contributed by atoms with Crippen molar-refractivity contribution in [2.24, 2.45) is 4.99 Å². The van der Waals surface area contributed by atoms with Crippen LogP contribution in [0.3, 0.4) is 0 Å². The number of thioether (sulfide) groups is 1. The minimum Gasteiger partial charge on any atom is -0.467 e. The number of methoxy groups -OCH3 is 1. The van der Waals surface area contributed by atoms with E-state index in [0.717, 1.165) is 0 Å². The number of benzene rings is 1. The number of hydrogen-bond acceptors (Lipinski definition) is 5. The first kappa shape index (κ1) is 14.7. The van der Waals surface area contributed by atoms with Gasteiger partial charge in [0.1, 0.15) is 5.75 Å². The Morgan fingerprint density at radius 1 is 1.35 bits per heavy atom. The van der Waals surface area contributed by atoms with Crippen LogP contribution < -0.4 is 4.74 Å². The smallest absolute Gasteiger partial charge is 0.467 e. The molecule has 1 atom stereocenters. The van der Waals surface area contributed by atoms with Gasteiger partial charge in [0, 0.05) is 11.3 Å². The maximum atomic E-state index is 12.0. The summed E-state index contributed by atoms with van der Waals surface area (Å²) >= 11 is 1.35. The lowest BCUT2D eigenvalue weighted by molar-refractivity contribution is -0.274. The van der Waals surface area contributed by atoms with E-state index in [2.05, 4.69) is 14.5 Å². The van der Waals surface area contributed by atoms with Crippen LogP contribution in [-0.2, 0) is 9.53 Å². The van der Waals surface area contributed by atoms with Gasteiger partial charge in [0.15, 0.2) is 6.04 Å². The van der Waals surface area contributed by atoms with Gasteiger partial charge >= 0.3 is 12.3 Å². The van der Waals surface area contributed by atoms with Crippen molar-refractivity contribution in [1.29, 1.82) is 0 Å². The maximum absolute atomic E-state index is 12.0. The third-order valence-electron chi connectivity index (χ3n) is 2.46. The molecule has 2 rings (SSSR count). The van der Waals surface area contributed by atoms with Crippen molar-refractivity contribution in [2.45, 2.75) is 12.4 Å². The van der Waals surface area contributed by atoms with Crippen LogP contribution in [0.2, 0.25) is 0 Å². The van der Waals surface area contributed by atoms with E-state index in [1.54, 1.807) is 0 Å². The summed E-state index contributed by atoms with van der Waals surface area (Å²) in [7, 11) is 1.28. The van der Waals surface area contributed by atoms with Gasteiger partial charge < -0.3 is 9.47 Å². The topological polar surface area (TPSA) is 47.9 Å². The highest BCUT2D eigenvalue weighted by Crippen LogP contribution is 2.27. The van der Waals surface area contributed by atoms with Crippen molar-refractivity contribution in [3.8, 4) is 5.75 Å². The molecule has 1 aliphatic heterocycles. The summed E-state index contributed by atoms with van der Waals surface area (Å²) < 4.78 is 44.4. The van der Waals surface area contributed by atoms with Crippen LogP contribution in [0.15, 0.2) is 29.3 Å². The molecular formula is C12H10F3NO3S. The molecule has 0 saturated carbocycles. The molecule has 0 N–H and O–H groups in total. The molecule has 0 aliphatic carbocycles. The molecule has 20 heavy (non-hydrogen) atoms. The third-order valence-corrected chi connectivity index (χ3v) is 3.56. The van der Waals surface area contributed by atoms with Crippen LogP contribution >= 0.6 is 11.8 Å². The highest BCUT2D eigenvalue weighted by Gasteiger charge is 2.31. The molecule has 1 unspecified atom stereocenters. The first-order valence-corrected chi connectivity index (χ1v) is 6.52. The molecule has 0 aromatic heterocycles. The quantitative estimate of drug-likeness (QED) is 0.806. The fourth-order valence-corrected chi connectivity index (χ4v) is 2.62. The van der Waals surface area contributed by atoms with E-state index in [-0.39, 0.29) is 5.75 Å². The minimum absolute atomic E-state index is 0.297. The Morgan fingerprint density at radius 2 is 2.00 bits per heavy atom. The van der Waals surface area contributed by atoms with E-state index in [4.69, 9.17) is 0 Å². The summed E-state index contributed by atoms with van der Waals surface area (Å²) in [6.07, 6.45) is -4.71. The molecule has 1 aromatic carbocycles. The Morgan fingerprint density at radius 3 is 2.55 bits per heavy atom. The third kappa shape index (κ3) is 3.66. The summed E-state index contributed by atoms with van der Waals surface area (Å²) in [4.78, 5) is 15.5. The van der Waals surface area contributed by atoms with Gasteiger partial charge in [0.05, 0.1) is 12.2 Å². The zero-order chi connectivity index (χ0) is 14.8. The van der Waals surface area contributed by atoms with Crippen LogP contribution in [0, 0.1) is 0 Å². The highest BCUT2D eigenvalue weighted by atomic mass is 32.2. The standard InChI is InChI=1S/C12H10F3NO3S/c1-18-11(17)9-6-20-10(16-9)7-2-4-8(5-3-7)19-12(13,14)15/h2-5,9H,6H2,1H3. The predicted octanol–water partition coefficient (Wildman–Crippen LogP) is 2.62. The maximum Gasteiger partial charge on any atom is 0.573 e. The van der Waals surface area contributed by atoms with Gasteiger partial charge in [-0.15, -0.1) is 24.9 Å². The molecule has 0 radical (unpaired) electrons. The number of alkyl halides is 3. The van der Waals surface area contributed by atoms with Crippen molar-refractivity contribution in [3.63, 3.8) is 0 Å². The summed E-state index contributed by atoms with van der Waals surface area (Å²) in [6.45, 7) is 0. The largest absolute Gasteiger partial charge is 0.573 e. The van der Waals surface area contributed by atoms with Crippen molar-refractivity contribution in [3.05, 3.63) is 29.8 Å². The molecule has 108 valence electrons. The zero-order valence-corrected chi connectivity index (χ0v) is 11.1. The van der Waals surface area contributed by atoms with Gasteiger partial charge in [-0.1, -0.05) is 0 Å². The number of esters is 1. The first-order valence-electron chi connectivity index (χ1n) is 5.53. The van der Waals surface area contributed by atoms with Crippen LogP contribution in [0.25, 0.3) is 0 Å². The van der Waals surface area contributed by atoms with E-state index in [0.29, 0.717) is 16.4 Å². The average Bonchev–Trinajstić information content (AvgIpc) is 2.86. The molecule has 1 aliphatic rings. The molecule has 1 heterocycles. The predicted molar refractivity (Wildman–Crippen MR) is 67.9 cm³/mol. The Bertz CT molecular complexity index is 528. The number of aliphatic imine (C=N–C) groups is 1. The number of hydrogen-bond donors (Lipinski definition) is 0. The average molecular weight is 305 g/mol. The Balaban J connectivity index is 2.09. The summed E-state index contributed by atoms with van der Waals surface area (Å²) in [5.41, 5.74) is 0.635. The highest BCUT2D eigenvalue weighted by molar-refractivity contribution is 8.14. The lowest BCUT2D eigenvalue weighted by atomic mass is 10.2. The molecule has 0 spiro atoms. The second kappa shape index (κ2) is 5.74. The Hall–Kier alpha value is -1.70. The lowest BCUT2D eigenvalue weighted by Crippen LogP contribution is -2.19. The minimum atomic E-state index is -4.71. The van der Waals surface area contributed by atoms with E-state index >= 15 is 0 Å². The van der Waals surface area contributed by atoms with Gasteiger partial charge in [-0.2, -0.15) is 0 Å². The van der Waals surface area contributed by atoms with E-state index < -0.39 is 18.4 Å². The van der Waals surface area contributed by atoms with Crippen LogP contribution in [-0.4, -0.2) is 36.3 Å².